The molecule has 1 saturated heterocycles. The number of carbonyl (C=O) groups excluding carboxylic acids is 3. The van der Waals surface area contributed by atoms with Crippen LogP contribution in [0.25, 0.3) is 0 Å². The Morgan fingerprint density at radius 2 is 1.36 bits per heavy atom. The third kappa shape index (κ3) is 4.13. The Kier molecular flexibility index (Phi) is 5.44. The Labute approximate surface area is 193 Å². The zero-order valence-electron chi connectivity index (χ0n) is 18.8. The van der Waals surface area contributed by atoms with Crippen LogP contribution in [0, 0.1) is 0 Å². The van der Waals surface area contributed by atoms with Crippen LogP contribution in [0.4, 0.5) is 0 Å². The van der Waals surface area contributed by atoms with Gasteiger partial charge in [-0.25, -0.2) is 0 Å². The second-order valence-electron chi connectivity index (χ2n) is 9.57. The minimum Gasteiger partial charge on any atom is -0.343 e. The minimum absolute atomic E-state index is 0.0254. The number of rotatable bonds is 5. The van der Waals surface area contributed by atoms with Crippen molar-refractivity contribution in [1.82, 2.24) is 15.1 Å². The van der Waals surface area contributed by atoms with Gasteiger partial charge in [-0.2, -0.15) is 0 Å². The van der Waals surface area contributed by atoms with Gasteiger partial charge in [-0.1, -0.05) is 30.3 Å². The van der Waals surface area contributed by atoms with Crippen molar-refractivity contribution in [2.75, 3.05) is 26.2 Å². The zero-order valence-corrected chi connectivity index (χ0v) is 18.8. The molecule has 3 fully saturated rings. The zero-order chi connectivity index (χ0) is 23.1. The average Bonchev–Trinajstić information content (AvgIpc) is 3.63. The monoisotopic (exact) mass is 446 g/mol. The second-order valence-corrected chi connectivity index (χ2v) is 9.57. The highest BCUT2D eigenvalue weighted by atomic mass is 16.2. The predicted octanol–water partition coefficient (Wildman–Crippen LogP) is 2.27. The van der Waals surface area contributed by atoms with Crippen molar-refractivity contribution >= 4 is 17.7 Å². The van der Waals surface area contributed by atoms with Gasteiger partial charge in [0, 0.05) is 37.3 Å². The Morgan fingerprint density at radius 1 is 0.758 bits per heavy atom. The molecule has 172 valence electrons. The molecular formula is C26H30N4O3. The maximum atomic E-state index is 13.0. The second kappa shape index (κ2) is 8.30. The maximum absolute atomic E-state index is 13.0. The summed E-state index contributed by atoms with van der Waals surface area (Å²) >= 11 is 0. The summed E-state index contributed by atoms with van der Waals surface area (Å²) < 4.78 is 0. The molecule has 2 aromatic rings. The third-order valence-corrected chi connectivity index (χ3v) is 7.35. The highest BCUT2D eigenvalue weighted by molar-refractivity contribution is 5.96. The van der Waals surface area contributed by atoms with Crippen molar-refractivity contribution < 1.29 is 14.4 Å². The Balaban J connectivity index is 1.19. The molecule has 1 heterocycles. The predicted molar refractivity (Wildman–Crippen MR) is 125 cm³/mol. The molecular weight excluding hydrogens is 416 g/mol. The van der Waals surface area contributed by atoms with Crippen LogP contribution in [-0.2, 0) is 10.3 Å². The van der Waals surface area contributed by atoms with E-state index in [0.29, 0.717) is 37.3 Å². The fourth-order valence-corrected chi connectivity index (χ4v) is 4.80. The van der Waals surface area contributed by atoms with Gasteiger partial charge in [0.1, 0.15) is 0 Å². The van der Waals surface area contributed by atoms with Gasteiger partial charge >= 0.3 is 0 Å². The van der Waals surface area contributed by atoms with Crippen LogP contribution in [0.1, 0.15) is 58.4 Å². The van der Waals surface area contributed by atoms with Gasteiger partial charge < -0.3 is 20.9 Å². The van der Waals surface area contributed by atoms with E-state index in [4.69, 9.17) is 5.73 Å². The number of hydrogen-bond donors (Lipinski definition) is 2. The van der Waals surface area contributed by atoms with Crippen LogP contribution < -0.4 is 11.1 Å². The van der Waals surface area contributed by atoms with E-state index in [9.17, 15) is 14.4 Å². The maximum Gasteiger partial charge on any atom is 0.253 e. The first-order chi connectivity index (χ1) is 15.9. The van der Waals surface area contributed by atoms with Gasteiger partial charge in [0.2, 0.25) is 5.91 Å². The third-order valence-electron chi connectivity index (χ3n) is 7.35. The summed E-state index contributed by atoms with van der Waals surface area (Å²) in [7, 11) is 0. The summed E-state index contributed by atoms with van der Waals surface area (Å²) in [5.41, 5.74) is 7.44. The summed E-state index contributed by atoms with van der Waals surface area (Å²) in [5.74, 6) is -0.0859. The Bertz CT molecular complexity index is 1050. The first-order valence-electron chi connectivity index (χ1n) is 11.8. The summed E-state index contributed by atoms with van der Waals surface area (Å²) in [6.45, 7) is 2.07. The molecule has 3 amide bonds. The van der Waals surface area contributed by atoms with Crippen LogP contribution >= 0.6 is 0 Å². The van der Waals surface area contributed by atoms with E-state index in [1.165, 1.54) is 0 Å². The topological polar surface area (TPSA) is 95.7 Å². The highest BCUT2D eigenvalue weighted by Gasteiger charge is 2.46. The number of nitrogens with two attached hydrogens (primary N) is 1. The molecule has 0 atom stereocenters. The van der Waals surface area contributed by atoms with E-state index >= 15 is 0 Å². The number of carbonyl (C=O) groups is 3. The summed E-state index contributed by atoms with van der Waals surface area (Å²) in [4.78, 5) is 41.8. The largest absolute Gasteiger partial charge is 0.343 e. The Hall–Kier alpha value is -3.19. The molecule has 1 aliphatic heterocycles. The van der Waals surface area contributed by atoms with Crippen LogP contribution in [0.2, 0.25) is 0 Å². The molecule has 7 heteroatoms. The lowest BCUT2D eigenvalue weighted by molar-refractivity contribution is -0.141. The highest BCUT2D eigenvalue weighted by Crippen LogP contribution is 2.45. The molecule has 0 spiro atoms. The fraction of sp³-hybridized carbons (Fsp3) is 0.423. The number of amides is 3. The van der Waals surface area contributed by atoms with E-state index in [-0.39, 0.29) is 23.3 Å². The van der Waals surface area contributed by atoms with E-state index in [1.807, 2.05) is 42.5 Å². The summed E-state index contributed by atoms with van der Waals surface area (Å²) in [5, 5.41) is 3.17. The van der Waals surface area contributed by atoms with Gasteiger partial charge in [0.05, 0.1) is 11.1 Å². The molecule has 0 aromatic heterocycles. The molecule has 0 unspecified atom stereocenters. The molecule has 0 bridgehead atoms. The van der Waals surface area contributed by atoms with Crippen molar-refractivity contribution in [2.24, 2.45) is 5.73 Å². The number of piperazine rings is 1. The van der Waals surface area contributed by atoms with Crippen LogP contribution in [0.3, 0.4) is 0 Å². The molecule has 3 N–H and O–H groups in total. The molecule has 0 radical (unpaired) electrons. The van der Waals surface area contributed by atoms with Gasteiger partial charge in [-0.15, -0.1) is 0 Å². The lowest BCUT2D eigenvalue weighted by atomic mass is 9.76. The van der Waals surface area contributed by atoms with E-state index in [0.717, 1.165) is 37.7 Å². The van der Waals surface area contributed by atoms with Gasteiger partial charge in [0.15, 0.2) is 0 Å². The normalized spacial score (nSPS) is 20.5. The number of benzene rings is 2. The van der Waals surface area contributed by atoms with Crippen molar-refractivity contribution in [3.8, 4) is 0 Å². The van der Waals surface area contributed by atoms with E-state index < -0.39 is 5.54 Å². The molecule has 5 rings (SSSR count). The lowest BCUT2D eigenvalue weighted by Crippen LogP contribution is -2.62. The quantitative estimate of drug-likeness (QED) is 0.737. The van der Waals surface area contributed by atoms with E-state index in [1.54, 1.807) is 21.9 Å². The standard InChI is InChI=1S/C26H30N4O3/c27-25(11-4-12-25)24(33)30-17-15-29(16-18-30)23(32)20-7-9-21(10-8-20)26(13-14-26)28-22(31)19-5-2-1-3-6-19/h1-3,5-10H,4,11-18,27H2,(H,28,31). The van der Waals surface area contributed by atoms with Crippen LogP contribution in [0.15, 0.2) is 54.6 Å². The molecule has 7 nitrogen and oxygen atoms in total. The lowest BCUT2D eigenvalue weighted by Gasteiger charge is -2.43. The average molecular weight is 447 g/mol. The Morgan fingerprint density at radius 3 is 1.91 bits per heavy atom. The van der Waals surface area contributed by atoms with Crippen molar-refractivity contribution in [1.29, 1.82) is 0 Å². The van der Waals surface area contributed by atoms with Crippen molar-refractivity contribution in [2.45, 2.75) is 43.2 Å². The molecule has 3 aliphatic rings. The minimum atomic E-state index is -0.684. The first kappa shape index (κ1) is 21.6. The van der Waals surface area contributed by atoms with Gasteiger partial charge in [-0.05, 0) is 61.9 Å². The number of nitrogens with one attached hydrogen (secondary N) is 1. The molecule has 2 aromatic carbocycles. The van der Waals surface area contributed by atoms with Gasteiger partial charge in [0.25, 0.3) is 11.8 Å². The van der Waals surface area contributed by atoms with Crippen LogP contribution in [0.5, 0.6) is 0 Å². The molecule has 33 heavy (non-hydrogen) atoms. The van der Waals surface area contributed by atoms with Crippen molar-refractivity contribution in [3.63, 3.8) is 0 Å². The van der Waals surface area contributed by atoms with Gasteiger partial charge in [-0.3, -0.25) is 14.4 Å². The van der Waals surface area contributed by atoms with E-state index in [2.05, 4.69) is 5.32 Å². The fourth-order valence-electron chi connectivity index (χ4n) is 4.80. The van der Waals surface area contributed by atoms with Crippen LogP contribution in [-0.4, -0.2) is 59.2 Å². The first-order valence-corrected chi connectivity index (χ1v) is 11.8. The summed E-state index contributed by atoms with van der Waals surface area (Å²) in [6.07, 6.45) is 4.29. The molecule has 2 aliphatic carbocycles. The number of hydrogen-bond acceptors (Lipinski definition) is 4. The number of nitrogens with zero attached hydrogens (tertiary/aromatic N) is 2. The smallest absolute Gasteiger partial charge is 0.253 e. The summed E-state index contributed by atoms with van der Waals surface area (Å²) in [6, 6.07) is 16.8. The van der Waals surface area contributed by atoms with Crippen molar-refractivity contribution in [3.05, 3.63) is 71.3 Å². The SMILES string of the molecule is NC1(C(=O)N2CCN(C(=O)c3ccc(C4(NC(=O)c5ccccc5)CC4)cc3)CC2)CCC1. The molecule has 2 saturated carbocycles.